The second-order valence-corrected chi connectivity index (χ2v) is 5.47. The number of benzene rings is 2. The lowest BCUT2D eigenvalue weighted by Crippen LogP contribution is -2.54. The number of hydrogen-bond donors (Lipinski definition) is 1. The molecule has 2 aromatic rings. The predicted octanol–water partition coefficient (Wildman–Crippen LogP) is 4.82. The number of aromatic hydroxyl groups is 1. The monoisotopic (exact) mass is 412 g/mol. The molecule has 2 rings (SSSR count). The molecular weight excluding hydrogens is 401 g/mol. The van der Waals surface area contributed by atoms with Crippen LogP contribution in [0.15, 0.2) is 48.5 Å². The van der Waals surface area contributed by atoms with Gasteiger partial charge < -0.3 is 14.6 Å². The van der Waals surface area contributed by atoms with Gasteiger partial charge in [0.1, 0.15) is 17.2 Å². The predicted molar refractivity (Wildman–Crippen MR) is 81.0 cm³/mol. The van der Waals surface area contributed by atoms with Gasteiger partial charge in [-0.05, 0) is 48.5 Å². The van der Waals surface area contributed by atoms with Crippen LogP contribution < -0.4 is 9.47 Å². The Labute approximate surface area is 153 Å². The molecule has 28 heavy (non-hydrogen) atoms. The fraction of sp³-hybridized carbons (Fsp3) is 0.235. The molecule has 0 aliphatic rings. The lowest BCUT2D eigenvalue weighted by Gasteiger charge is -2.27. The van der Waals surface area contributed by atoms with Crippen molar-refractivity contribution in [3.05, 3.63) is 54.1 Å². The molecule has 0 heterocycles. The van der Waals surface area contributed by atoms with Crippen molar-refractivity contribution >= 4 is 5.97 Å². The van der Waals surface area contributed by atoms with Gasteiger partial charge in [-0.15, -0.1) is 0 Å². The molecule has 0 bridgehead atoms. The summed E-state index contributed by atoms with van der Waals surface area (Å²) in [7, 11) is 0. The summed E-state index contributed by atoms with van der Waals surface area (Å²) in [6, 6.07) is 9.05. The number of ether oxygens (including phenoxy) is 2. The van der Waals surface area contributed by atoms with Crippen molar-refractivity contribution in [3.63, 3.8) is 0 Å². The van der Waals surface area contributed by atoms with Gasteiger partial charge in [0, 0.05) is 0 Å². The summed E-state index contributed by atoms with van der Waals surface area (Å²) in [5.41, 5.74) is -0.0761. The maximum atomic E-state index is 13.2. The number of carbonyl (C=O) groups excluding carboxylic acids is 1. The Balaban J connectivity index is 2.00. The molecule has 152 valence electrons. The van der Waals surface area contributed by atoms with Crippen molar-refractivity contribution in [2.75, 3.05) is 6.61 Å². The van der Waals surface area contributed by atoms with Crippen molar-refractivity contribution in [2.45, 2.75) is 18.0 Å². The summed E-state index contributed by atoms with van der Waals surface area (Å²) in [6.45, 7) is -2.23. The third-order valence-corrected chi connectivity index (χ3v) is 3.37. The van der Waals surface area contributed by atoms with Crippen molar-refractivity contribution in [1.82, 2.24) is 0 Å². The van der Waals surface area contributed by atoms with E-state index in [0.717, 1.165) is 24.3 Å². The van der Waals surface area contributed by atoms with Gasteiger partial charge in [0.2, 0.25) is 0 Å². The molecule has 0 aliphatic heterocycles. The molecule has 0 atom stereocenters. The van der Waals surface area contributed by atoms with Gasteiger partial charge in [-0.2, -0.15) is 30.7 Å². The first-order chi connectivity index (χ1) is 12.8. The molecule has 4 nitrogen and oxygen atoms in total. The Morgan fingerprint density at radius 1 is 0.821 bits per heavy atom. The standard InChI is InChI=1S/C17H11F7O4/c18-15(19,16(20,21)17(22,23)24)9-27-12-5-1-10(2-6-12)14(26)28-13-7-3-11(25)4-8-13/h1-8,25H,9H2. The lowest BCUT2D eigenvalue weighted by atomic mass is 10.1. The van der Waals surface area contributed by atoms with Crippen LogP contribution in [-0.2, 0) is 0 Å². The van der Waals surface area contributed by atoms with E-state index in [-0.39, 0.29) is 17.1 Å². The molecule has 11 heteroatoms. The van der Waals surface area contributed by atoms with Gasteiger partial charge in [0.15, 0.2) is 6.61 Å². The van der Waals surface area contributed by atoms with Crippen LogP contribution >= 0.6 is 0 Å². The zero-order valence-corrected chi connectivity index (χ0v) is 13.6. The maximum Gasteiger partial charge on any atom is 0.460 e. The zero-order chi connectivity index (χ0) is 21.2. The van der Waals surface area contributed by atoms with Gasteiger partial charge in [0.05, 0.1) is 5.56 Å². The Hall–Kier alpha value is -2.98. The van der Waals surface area contributed by atoms with E-state index < -0.39 is 36.3 Å². The normalized spacial score (nSPS) is 12.5. The summed E-state index contributed by atoms with van der Waals surface area (Å²) in [5.74, 6) is -13.1. The lowest BCUT2D eigenvalue weighted by molar-refractivity contribution is -0.358. The molecule has 0 radical (unpaired) electrons. The van der Waals surface area contributed by atoms with Crippen molar-refractivity contribution in [1.29, 1.82) is 0 Å². The Kier molecular flexibility index (Phi) is 5.76. The summed E-state index contributed by atoms with van der Waals surface area (Å²) >= 11 is 0. The fourth-order valence-corrected chi connectivity index (χ4v) is 1.84. The smallest absolute Gasteiger partial charge is 0.460 e. The van der Waals surface area contributed by atoms with E-state index in [1.165, 1.54) is 24.3 Å². The Bertz CT molecular complexity index is 815. The average Bonchev–Trinajstić information content (AvgIpc) is 2.61. The number of halogens is 7. The average molecular weight is 412 g/mol. The Morgan fingerprint density at radius 2 is 1.32 bits per heavy atom. The highest BCUT2D eigenvalue weighted by molar-refractivity contribution is 5.91. The van der Waals surface area contributed by atoms with Crippen LogP contribution in [0.1, 0.15) is 10.4 Å². The molecule has 1 N–H and O–H groups in total. The van der Waals surface area contributed by atoms with Gasteiger partial charge in [-0.3, -0.25) is 0 Å². The van der Waals surface area contributed by atoms with Gasteiger partial charge in [0.25, 0.3) is 0 Å². The van der Waals surface area contributed by atoms with Gasteiger partial charge >= 0.3 is 24.0 Å². The van der Waals surface area contributed by atoms with E-state index in [0.29, 0.717) is 0 Å². The molecule has 0 saturated carbocycles. The third kappa shape index (κ3) is 4.65. The van der Waals surface area contributed by atoms with E-state index in [4.69, 9.17) is 9.84 Å². The second-order valence-electron chi connectivity index (χ2n) is 5.47. The Morgan fingerprint density at radius 3 is 1.82 bits per heavy atom. The summed E-state index contributed by atoms with van der Waals surface area (Å²) < 4.78 is 97.3. The molecule has 0 fully saturated rings. The first kappa shape index (κ1) is 21.3. The molecule has 0 unspecified atom stereocenters. The number of esters is 1. The van der Waals surface area contributed by atoms with Crippen LogP contribution in [-0.4, -0.2) is 35.7 Å². The van der Waals surface area contributed by atoms with Crippen molar-refractivity contribution in [3.8, 4) is 17.2 Å². The van der Waals surface area contributed by atoms with Gasteiger partial charge in [-0.1, -0.05) is 0 Å². The SMILES string of the molecule is O=C(Oc1ccc(O)cc1)c1ccc(OCC(F)(F)C(F)(F)C(F)(F)F)cc1. The van der Waals surface area contributed by atoms with Crippen LogP contribution in [0.25, 0.3) is 0 Å². The van der Waals surface area contributed by atoms with E-state index in [9.17, 15) is 35.5 Å². The molecule has 0 amide bonds. The van der Waals surface area contributed by atoms with E-state index in [1.54, 1.807) is 0 Å². The maximum absolute atomic E-state index is 13.2. The third-order valence-electron chi connectivity index (χ3n) is 3.37. The van der Waals surface area contributed by atoms with E-state index in [1.807, 2.05) is 0 Å². The summed E-state index contributed by atoms with van der Waals surface area (Å²) in [4.78, 5) is 11.9. The van der Waals surface area contributed by atoms with Crippen molar-refractivity contribution in [2.24, 2.45) is 0 Å². The number of alkyl halides is 7. The number of rotatable bonds is 6. The minimum absolute atomic E-state index is 0.0609. The van der Waals surface area contributed by atoms with Crippen LogP contribution in [0.5, 0.6) is 17.2 Å². The quantitative estimate of drug-likeness (QED) is 0.420. The second kappa shape index (κ2) is 7.56. The van der Waals surface area contributed by atoms with Crippen LogP contribution in [0.2, 0.25) is 0 Å². The van der Waals surface area contributed by atoms with Crippen LogP contribution in [0, 0.1) is 0 Å². The van der Waals surface area contributed by atoms with Crippen LogP contribution in [0.4, 0.5) is 30.7 Å². The number of phenolic OH excluding ortho intramolecular Hbond substituents is 1. The number of hydrogen-bond acceptors (Lipinski definition) is 4. The first-order valence-corrected chi connectivity index (χ1v) is 7.40. The van der Waals surface area contributed by atoms with Gasteiger partial charge in [-0.25, -0.2) is 4.79 Å². The highest BCUT2D eigenvalue weighted by Gasteiger charge is 2.73. The van der Waals surface area contributed by atoms with Crippen molar-refractivity contribution < 1.29 is 50.1 Å². The number of carbonyl (C=O) groups is 1. The number of phenols is 1. The minimum atomic E-state index is -6.44. The fourth-order valence-electron chi connectivity index (χ4n) is 1.84. The van der Waals surface area contributed by atoms with E-state index >= 15 is 0 Å². The molecule has 0 aromatic heterocycles. The highest BCUT2D eigenvalue weighted by Crippen LogP contribution is 2.46. The molecule has 0 saturated heterocycles. The molecule has 2 aromatic carbocycles. The molecule has 0 spiro atoms. The topological polar surface area (TPSA) is 55.8 Å². The molecular formula is C17H11F7O4. The summed E-state index contributed by atoms with van der Waals surface area (Å²) in [6.07, 6.45) is -6.44. The first-order valence-electron chi connectivity index (χ1n) is 7.40. The summed E-state index contributed by atoms with van der Waals surface area (Å²) in [5, 5.41) is 9.12. The highest BCUT2D eigenvalue weighted by atomic mass is 19.4. The molecule has 0 aliphatic carbocycles. The van der Waals surface area contributed by atoms with Crippen LogP contribution in [0.3, 0.4) is 0 Å². The minimum Gasteiger partial charge on any atom is -0.508 e. The zero-order valence-electron chi connectivity index (χ0n) is 13.6. The largest absolute Gasteiger partial charge is 0.508 e. The van der Waals surface area contributed by atoms with E-state index in [2.05, 4.69) is 4.74 Å².